The second kappa shape index (κ2) is 8.19. The Morgan fingerprint density at radius 2 is 1.35 bits per heavy atom. The maximum Gasteiger partial charge on any atom is 0.337 e. The lowest BCUT2D eigenvalue weighted by Crippen LogP contribution is -2.48. The van der Waals surface area contributed by atoms with Gasteiger partial charge in [0.2, 0.25) is 0 Å². The van der Waals surface area contributed by atoms with Crippen LogP contribution in [0.2, 0.25) is 0 Å². The molecule has 0 radical (unpaired) electrons. The summed E-state index contributed by atoms with van der Waals surface area (Å²) in [6.07, 6.45) is 8.52. The Morgan fingerprint density at radius 3 is 1.91 bits per heavy atom. The van der Waals surface area contributed by atoms with Crippen LogP contribution in [0.1, 0.15) is 54.4 Å². The molecule has 4 fully saturated rings. The van der Waals surface area contributed by atoms with Crippen molar-refractivity contribution in [1.29, 1.82) is 0 Å². The second-order valence-corrected chi connectivity index (χ2v) is 10.7. The summed E-state index contributed by atoms with van der Waals surface area (Å²) in [7, 11) is 1.88. The Morgan fingerprint density at radius 1 is 0.824 bits per heavy atom. The van der Waals surface area contributed by atoms with Gasteiger partial charge in [0.15, 0.2) is 0 Å². The number of carbonyl (C=O) groups is 1. The fraction of sp³-hybridized carbons (Fsp3) is 0.367. The summed E-state index contributed by atoms with van der Waals surface area (Å²) in [6.45, 7) is 0. The number of hydrogen-bond acceptors (Lipinski definition) is 3. The highest BCUT2D eigenvalue weighted by molar-refractivity contribution is 5.95. The summed E-state index contributed by atoms with van der Waals surface area (Å²) in [5.74, 6) is 3.53. The summed E-state index contributed by atoms with van der Waals surface area (Å²) in [4.78, 5) is 13.5. The van der Waals surface area contributed by atoms with E-state index in [0.29, 0.717) is 11.1 Å². The van der Waals surface area contributed by atoms with Gasteiger partial charge in [-0.2, -0.15) is 0 Å². The molecule has 174 valence electrons. The van der Waals surface area contributed by atoms with Gasteiger partial charge < -0.3 is 14.7 Å². The molecule has 1 N–H and O–H groups in total. The topological polar surface area (TPSA) is 49.8 Å². The van der Waals surface area contributed by atoms with Gasteiger partial charge >= 0.3 is 5.97 Å². The van der Waals surface area contributed by atoms with Crippen LogP contribution in [-0.2, 0) is 5.41 Å². The minimum absolute atomic E-state index is 0.282. The Labute approximate surface area is 201 Å². The second-order valence-electron chi connectivity index (χ2n) is 10.7. The Hall–Kier alpha value is -3.27. The maximum absolute atomic E-state index is 11.6. The first kappa shape index (κ1) is 21.3. The van der Waals surface area contributed by atoms with E-state index in [9.17, 15) is 9.90 Å². The lowest BCUT2D eigenvalue weighted by atomic mass is 9.48. The summed E-state index contributed by atoms with van der Waals surface area (Å²) in [5.41, 5.74) is 3.76. The van der Waals surface area contributed by atoms with E-state index in [2.05, 4.69) is 24.3 Å². The van der Waals surface area contributed by atoms with Crippen molar-refractivity contribution in [2.45, 2.75) is 43.9 Å². The molecule has 0 aromatic heterocycles. The number of rotatable bonds is 6. The zero-order chi connectivity index (χ0) is 23.3. The molecule has 4 nitrogen and oxygen atoms in total. The van der Waals surface area contributed by atoms with Gasteiger partial charge in [-0.3, -0.25) is 0 Å². The highest BCUT2D eigenvalue weighted by Crippen LogP contribution is 2.60. The van der Waals surface area contributed by atoms with E-state index < -0.39 is 5.97 Å². The van der Waals surface area contributed by atoms with Crippen molar-refractivity contribution in [3.8, 4) is 11.5 Å². The number of carboxylic acid groups (broad SMARTS) is 1. The molecule has 0 saturated heterocycles. The van der Waals surface area contributed by atoms with Crippen molar-refractivity contribution in [1.82, 2.24) is 0 Å². The van der Waals surface area contributed by atoms with Gasteiger partial charge in [0.05, 0.1) is 11.3 Å². The number of carboxylic acids is 1. The average Bonchev–Trinajstić information content (AvgIpc) is 2.84. The van der Waals surface area contributed by atoms with Crippen LogP contribution in [0.5, 0.6) is 11.5 Å². The van der Waals surface area contributed by atoms with E-state index in [-0.39, 0.29) is 5.56 Å². The van der Waals surface area contributed by atoms with Crippen molar-refractivity contribution in [2.75, 3.05) is 11.9 Å². The van der Waals surface area contributed by atoms with Crippen LogP contribution >= 0.6 is 0 Å². The van der Waals surface area contributed by atoms with Gasteiger partial charge in [0.25, 0.3) is 0 Å². The summed E-state index contributed by atoms with van der Waals surface area (Å²) < 4.78 is 6.14. The number of ether oxygens (including phenoxy) is 1. The van der Waals surface area contributed by atoms with Gasteiger partial charge in [-0.25, -0.2) is 4.79 Å². The molecule has 0 spiro atoms. The van der Waals surface area contributed by atoms with E-state index in [0.717, 1.165) is 34.9 Å². The zero-order valence-electron chi connectivity index (χ0n) is 19.6. The molecule has 4 aliphatic rings. The van der Waals surface area contributed by atoms with Crippen LogP contribution in [-0.4, -0.2) is 18.1 Å². The molecule has 0 amide bonds. The molecule has 0 atom stereocenters. The third-order valence-corrected chi connectivity index (χ3v) is 8.46. The molecule has 4 saturated carbocycles. The molecule has 0 aliphatic heterocycles. The van der Waals surface area contributed by atoms with Crippen LogP contribution < -0.4 is 9.64 Å². The lowest BCUT2D eigenvalue weighted by molar-refractivity contribution is -0.00520. The molecule has 4 aliphatic carbocycles. The van der Waals surface area contributed by atoms with Crippen molar-refractivity contribution in [3.05, 3.63) is 83.9 Å². The number of hydrogen-bond donors (Lipinski definition) is 1. The number of anilines is 2. The number of aromatic carboxylic acids is 1. The van der Waals surface area contributed by atoms with Gasteiger partial charge in [0.1, 0.15) is 11.5 Å². The predicted octanol–water partition coefficient (Wildman–Crippen LogP) is 7.41. The number of benzene rings is 3. The van der Waals surface area contributed by atoms with Crippen molar-refractivity contribution >= 4 is 17.3 Å². The molecule has 4 bridgehead atoms. The standard InChI is InChI=1S/C30H31NO3/c1-31(28-5-3-2-4-27(28)29(32)33)24-8-12-26(13-9-24)34-25-10-6-23(7-11-25)30-17-20-14-21(18-30)16-22(15-20)19-30/h2-13,20-22H,14-19H2,1H3,(H,32,33). The van der Waals surface area contributed by atoms with E-state index in [1.54, 1.807) is 12.1 Å². The van der Waals surface area contributed by atoms with Gasteiger partial charge in [-0.05, 0) is 116 Å². The van der Waals surface area contributed by atoms with Crippen molar-refractivity contribution < 1.29 is 14.6 Å². The molecule has 0 unspecified atom stereocenters. The largest absolute Gasteiger partial charge is 0.478 e. The van der Waals surface area contributed by atoms with E-state index in [1.165, 1.54) is 44.1 Å². The van der Waals surface area contributed by atoms with Crippen molar-refractivity contribution in [3.63, 3.8) is 0 Å². The van der Waals surface area contributed by atoms with Gasteiger partial charge in [-0.1, -0.05) is 24.3 Å². The van der Waals surface area contributed by atoms with Gasteiger partial charge in [-0.15, -0.1) is 0 Å². The number of para-hydroxylation sites is 1. The van der Waals surface area contributed by atoms with Crippen LogP contribution in [0.3, 0.4) is 0 Å². The first-order valence-corrected chi connectivity index (χ1v) is 12.4. The fourth-order valence-corrected chi connectivity index (χ4v) is 7.30. The maximum atomic E-state index is 11.6. The molecule has 3 aromatic rings. The van der Waals surface area contributed by atoms with Crippen LogP contribution in [0.15, 0.2) is 72.8 Å². The molecule has 7 rings (SSSR count). The van der Waals surface area contributed by atoms with E-state index >= 15 is 0 Å². The molecular formula is C30H31NO3. The van der Waals surface area contributed by atoms with Gasteiger partial charge in [0, 0.05) is 12.7 Å². The molecule has 3 aromatic carbocycles. The SMILES string of the molecule is CN(c1ccc(Oc2ccc(C34CC5CC(CC(C5)C3)C4)cc2)cc1)c1ccccc1C(=O)O. The summed E-state index contributed by atoms with van der Waals surface area (Å²) in [5, 5.41) is 9.49. The monoisotopic (exact) mass is 453 g/mol. The Balaban J connectivity index is 1.16. The first-order valence-electron chi connectivity index (χ1n) is 12.4. The van der Waals surface area contributed by atoms with E-state index in [4.69, 9.17) is 4.74 Å². The predicted molar refractivity (Wildman–Crippen MR) is 134 cm³/mol. The minimum atomic E-state index is -0.931. The fourth-order valence-electron chi connectivity index (χ4n) is 7.30. The third kappa shape index (κ3) is 3.75. The highest BCUT2D eigenvalue weighted by atomic mass is 16.5. The van der Waals surface area contributed by atoms with E-state index in [1.807, 2.05) is 48.3 Å². The first-order chi connectivity index (χ1) is 16.5. The Bertz CT molecular complexity index is 1160. The molecular weight excluding hydrogens is 422 g/mol. The molecule has 0 heterocycles. The molecule has 34 heavy (non-hydrogen) atoms. The highest BCUT2D eigenvalue weighted by Gasteiger charge is 2.51. The van der Waals surface area contributed by atoms with Crippen LogP contribution in [0.25, 0.3) is 0 Å². The quantitative estimate of drug-likeness (QED) is 0.422. The summed E-state index contributed by atoms with van der Waals surface area (Å²) in [6, 6.07) is 23.7. The average molecular weight is 454 g/mol. The normalized spacial score (nSPS) is 26.9. The smallest absolute Gasteiger partial charge is 0.337 e. The van der Waals surface area contributed by atoms with Crippen LogP contribution in [0.4, 0.5) is 11.4 Å². The van der Waals surface area contributed by atoms with Crippen molar-refractivity contribution in [2.24, 2.45) is 17.8 Å². The van der Waals surface area contributed by atoms with Crippen LogP contribution in [0, 0.1) is 17.8 Å². The Kier molecular flexibility index (Phi) is 5.13. The molecule has 4 heteroatoms. The number of nitrogens with zero attached hydrogens (tertiary/aromatic N) is 1. The summed E-state index contributed by atoms with van der Waals surface area (Å²) >= 11 is 0. The lowest BCUT2D eigenvalue weighted by Gasteiger charge is -2.57. The minimum Gasteiger partial charge on any atom is -0.478 e. The zero-order valence-corrected chi connectivity index (χ0v) is 19.6. The third-order valence-electron chi connectivity index (χ3n) is 8.46.